The molecule has 7 heavy (non-hydrogen) atoms. The Morgan fingerprint density at radius 3 is 2.43 bits per heavy atom. The highest BCUT2D eigenvalue weighted by Crippen LogP contribution is 2.31. The topological polar surface area (TPSA) is 40.9 Å². The molecular formula is C5H8NO. The number of rotatable bonds is 2. The van der Waals surface area contributed by atoms with Crippen molar-refractivity contribution in [2.75, 3.05) is 0 Å². The van der Waals surface area contributed by atoms with Crippen molar-refractivity contribution in [1.29, 1.82) is 0 Å². The zero-order valence-electron chi connectivity index (χ0n) is 4.11. The third kappa shape index (κ3) is 1.57. The molecule has 0 unspecified atom stereocenters. The molecule has 0 saturated heterocycles. The summed E-state index contributed by atoms with van der Waals surface area (Å²) in [6.45, 7) is 0. The maximum absolute atomic E-state index is 9.96. The number of amides is 1. The lowest BCUT2D eigenvalue weighted by Gasteiger charge is -1.82. The van der Waals surface area contributed by atoms with E-state index in [1.807, 2.05) is 0 Å². The molecule has 1 aliphatic carbocycles. The SMILES string of the molecule is [NH]C(=O)CC1CC1. The van der Waals surface area contributed by atoms with Crippen molar-refractivity contribution in [1.82, 2.24) is 5.73 Å². The van der Waals surface area contributed by atoms with E-state index in [1.54, 1.807) is 0 Å². The molecule has 0 aromatic heterocycles. The lowest BCUT2D eigenvalue weighted by atomic mass is 10.3. The zero-order valence-corrected chi connectivity index (χ0v) is 4.11. The Kier molecular flexibility index (Phi) is 1.01. The largest absolute Gasteiger partial charge is 0.273 e. The quantitative estimate of drug-likeness (QED) is 0.498. The van der Waals surface area contributed by atoms with Gasteiger partial charge in [0.15, 0.2) is 0 Å². The second-order valence-corrected chi connectivity index (χ2v) is 2.07. The third-order valence-corrected chi connectivity index (χ3v) is 1.17. The molecule has 1 rings (SSSR count). The Balaban J connectivity index is 2.08. The molecule has 1 saturated carbocycles. The molecule has 2 heteroatoms. The van der Waals surface area contributed by atoms with E-state index in [-0.39, 0.29) is 0 Å². The Labute approximate surface area is 42.7 Å². The zero-order chi connectivity index (χ0) is 5.28. The van der Waals surface area contributed by atoms with Crippen LogP contribution in [0.2, 0.25) is 0 Å². The number of carbonyl (C=O) groups excluding carboxylic acids is 1. The summed E-state index contributed by atoms with van der Waals surface area (Å²) in [4.78, 5) is 9.96. The maximum Gasteiger partial charge on any atom is 0.238 e. The average molecular weight is 98.1 g/mol. The second-order valence-electron chi connectivity index (χ2n) is 2.07. The van der Waals surface area contributed by atoms with Crippen molar-refractivity contribution in [2.24, 2.45) is 5.92 Å². The Morgan fingerprint density at radius 1 is 1.71 bits per heavy atom. The van der Waals surface area contributed by atoms with E-state index in [0.717, 1.165) is 0 Å². The van der Waals surface area contributed by atoms with E-state index in [1.165, 1.54) is 12.8 Å². The summed E-state index contributed by atoms with van der Waals surface area (Å²) in [6, 6.07) is 0. The normalized spacial score (nSPS) is 19.4. The first kappa shape index (κ1) is 4.62. The van der Waals surface area contributed by atoms with Crippen LogP contribution in [0.4, 0.5) is 0 Å². The van der Waals surface area contributed by atoms with Gasteiger partial charge in [0.05, 0.1) is 0 Å². The van der Waals surface area contributed by atoms with Gasteiger partial charge in [-0.1, -0.05) is 0 Å². The van der Waals surface area contributed by atoms with Crippen LogP contribution >= 0.6 is 0 Å². The van der Waals surface area contributed by atoms with Crippen molar-refractivity contribution in [3.05, 3.63) is 0 Å². The minimum Gasteiger partial charge on any atom is -0.273 e. The van der Waals surface area contributed by atoms with Crippen LogP contribution in [-0.4, -0.2) is 5.91 Å². The molecule has 1 fully saturated rings. The summed E-state index contributed by atoms with van der Waals surface area (Å²) in [5, 5.41) is 0. The predicted octanol–water partition coefficient (Wildman–Crippen LogP) is 0.596. The van der Waals surface area contributed by atoms with E-state index in [4.69, 9.17) is 5.73 Å². The Bertz CT molecular complexity index is 86.1. The predicted molar refractivity (Wildman–Crippen MR) is 25.4 cm³/mol. The molecule has 0 heterocycles. The van der Waals surface area contributed by atoms with Gasteiger partial charge in [-0.3, -0.25) is 10.5 Å². The average Bonchev–Trinajstić information content (AvgIpc) is 2.17. The monoisotopic (exact) mass is 98.1 g/mol. The molecule has 1 aliphatic rings. The van der Waals surface area contributed by atoms with E-state index in [2.05, 4.69) is 0 Å². The van der Waals surface area contributed by atoms with E-state index >= 15 is 0 Å². The molecule has 0 atom stereocenters. The summed E-state index contributed by atoms with van der Waals surface area (Å²) < 4.78 is 0. The van der Waals surface area contributed by atoms with E-state index < -0.39 is 5.91 Å². The number of hydrogen-bond donors (Lipinski definition) is 0. The lowest BCUT2D eigenvalue weighted by Crippen LogP contribution is -1.96. The van der Waals surface area contributed by atoms with Crippen LogP contribution < -0.4 is 5.73 Å². The Morgan fingerprint density at radius 2 is 2.29 bits per heavy atom. The van der Waals surface area contributed by atoms with Crippen LogP contribution in [0.25, 0.3) is 0 Å². The summed E-state index contributed by atoms with van der Waals surface area (Å²) >= 11 is 0. The molecule has 0 spiro atoms. The summed E-state index contributed by atoms with van der Waals surface area (Å²) in [6.07, 6.45) is 2.84. The lowest BCUT2D eigenvalue weighted by molar-refractivity contribution is -0.118. The van der Waals surface area contributed by atoms with Gasteiger partial charge in [-0.25, -0.2) is 0 Å². The molecule has 0 aromatic carbocycles. The van der Waals surface area contributed by atoms with Gasteiger partial charge in [-0.15, -0.1) is 0 Å². The number of carbonyl (C=O) groups is 1. The molecule has 2 nitrogen and oxygen atoms in total. The highest BCUT2D eigenvalue weighted by atomic mass is 16.1. The molecule has 0 bridgehead atoms. The fourth-order valence-electron chi connectivity index (χ4n) is 0.584. The highest BCUT2D eigenvalue weighted by molar-refractivity contribution is 5.73. The minimum atomic E-state index is -0.400. The molecule has 1 N–H and O–H groups in total. The van der Waals surface area contributed by atoms with Crippen molar-refractivity contribution in [2.45, 2.75) is 19.3 Å². The molecule has 39 valence electrons. The van der Waals surface area contributed by atoms with Crippen LogP contribution in [0.3, 0.4) is 0 Å². The fraction of sp³-hybridized carbons (Fsp3) is 0.800. The van der Waals surface area contributed by atoms with Gasteiger partial charge in [0.1, 0.15) is 0 Å². The van der Waals surface area contributed by atoms with Gasteiger partial charge < -0.3 is 0 Å². The third-order valence-electron chi connectivity index (χ3n) is 1.17. The van der Waals surface area contributed by atoms with Crippen LogP contribution in [-0.2, 0) is 4.79 Å². The second kappa shape index (κ2) is 1.52. The number of hydrogen-bond acceptors (Lipinski definition) is 1. The molecule has 1 amide bonds. The first-order valence-corrected chi connectivity index (χ1v) is 2.53. The molecular weight excluding hydrogens is 90.1 g/mol. The summed E-state index contributed by atoms with van der Waals surface area (Å²) in [5.41, 5.74) is 6.51. The van der Waals surface area contributed by atoms with Gasteiger partial charge in [0.25, 0.3) is 0 Å². The molecule has 1 radical (unpaired) electrons. The van der Waals surface area contributed by atoms with Crippen LogP contribution in [0.15, 0.2) is 0 Å². The molecule has 0 aliphatic heterocycles. The van der Waals surface area contributed by atoms with Gasteiger partial charge in [0.2, 0.25) is 5.91 Å². The minimum absolute atomic E-state index is 0.400. The van der Waals surface area contributed by atoms with Crippen molar-refractivity contribution < 1.29 is 4.79 Å². The van der Waals surface area contributed by atoms with E-state index in [9.17, 15) is 4.79 Å². The summed E-state index contributed by atoms with van der Waals surface area (Å²) in [7, 11) is 0. The van der Waals surface area contributed by atoms with Crippen molar-refractivity contribution >= 4 is 5.91 Å². The van der Waals surface area contributed by atoms with Gasteiger partial charge in [-0.2, -0.15) is 0 Å². The number of nitrogens with one attached hydrogen (secondary N) is 1. The first-order valence-electron chi connectivity index (χ1n) is 2.53. The molecule has 0 aromatic rings. The fourth-order valence-corrected chi connectivity index (χ4v) is 0.584. The van der Waals surface area contributed by atoms with Crippen molar-refractivity contribution in [3.63, 3.8) is 0 Å². The standard InChI is InChI=1S/C5H8NO/c6-5(7)3-4-1-2-4/h4,6H,1-3H2. The van der Waals surface area contributed by atoms with E-state index in [0.29, 0.717) is 12.3 Å². The first-order chi connectivity index (χ1) is 3.29. The van der Waals surface area contributed by atoms with Crippen molar-refractivity contribution in [3.8, 4) is 0 Å². The van der Waals surface area contributed by atoms with Crippen LogP contribution in [0, 0.1) is 5.92 Å². The van der Waals surface area contributed by atoms with Crippen LogP contribution in [0.1, 0.15) is 19.3 Å². The summed E-state index contributed by atoms with van der Waals surface area (Å²) in [5.74, 6) is 0.187. The Hall–Kier alpha value is -0.530. The van der Waals surface area contributed by atoms with Gasteiger partial charge in [0, 0.05) is 6.42 Å². The van der Waals surface area contributed by atoms with Gasteiger partial charge >= 0.3 is 0 Å². The van der Waals surface area contributed by atoms with Crippen LogP contribution in [0.5, 0.6) is 0 Å². The highest BCUT2D eigenvalue weighted by Gasteiger charge is 2.22. The smallest absolute Gasteiger partial charge is 0.238 e. The maximum atomic E-state index is 9.96. The van der Waals surface area contributed by atoms with Gasteiger partial charge in [-0.05, 0) is 18.8 Å².